The van der Waals surface area contributed by atoms with Gasteiger partial charge in [0, 0.05) is 19.9 Å². The van der Waals surface area contributed by atoms with Crippen LogP contribution in [0.4, 0.5) is 4.39 Å². The van der Waals surface area contributed by atoms with Crippen LogP contribution in [0, 0.1) is 5.82 Å². The molecule has 1 aromatic carbocycles. The maximum atomic E-state index is 13.1. The minimum absolute atomic E-state index is 0.290. The van der Waals surface area contributed by atoms with E-state index in [9.17, 15) is 9.50 Å². The topological polar surface area (TPSA) is 50.9 Å². The summed E-state index contributed by atoms with van der Waals surface area (Å²) in [5.74, 6) is 0.415. The molecule has 18 heavy (non-hydrogen) atoms. The fraction of sp³-hybridized carbons (Fsp3) is 0.385. The molecule has 0 saturated carbocycles. The monoisotopic (exact) mass is 249 g/mol. The predicted molar refractivity (Wildman–Crippen MR) is 65.4 cm³/mol. The van der Waals surface area contributed by atoms with Crippen molar-refractivity contribution in [1.29, 1.82) is 0 Å². The summed E-state index contributed by atoms with van der Waals surface area (Å²) in [6, 6.07) is 6.27. The average Bonchev–Trinajstić information content (AvgIpc) is 2.62. The van der Waals surface area contributed by atoms with E-state index in [2.05, 4.69) is 10.1 Å². The first-order chi connectivity index (χ1) is 8.46. The summed E-state index contributed by atoms with van der Waals surface area (Å²) in [5, 5.41) is 14.3. The summed E-state index contributed by atoms with van der Waals surface area (Å²) in [6.07, 6.45) is 2.20. The number of aryl methyl sites for hydroxylation is 1. The highest BCUT2D eigenvalue weighted by molar-refractivity contribution is 5.18. The molecule has 0 aliphatic carbocycles. The second kappa shape index (κ2) is 4.86. The molecule has 1 atom stereocenters. The van der Waals surface area contributed by atoms with Crippen LogP contribution in [-0.2, 0) is 19.9 Å². The summed E-state index contributed by atoms with van der Waals surface area (Å²) in [7, 11) is 1.78. The molecule has 1 aromatic heterocycles. The second-order valence-corrected chi connectivity index (χ2v) is 4.78. The Morgan fingerprint density at radius 1 is 1.39 bits per heavy atom. The number of rotatable bonds is 4. The third-order valence-electron chi connectivity index (χ3n) is 2.82. The van der Waals surface area contributed by atoms with Gasteiger partial charge in [0.1, 0.15) is 18.0 Å². The van der Waals surface area contributed by atoms with Gasteiger partial charge >= 0.3 is 0 Å². The molecule has 2 rings (SSSR count). The van der Waals surface area contributed by atoms with Crippen LogP contribution in [0.5, 0.6) is 0 Å². The van der Waals surface area contributed by atoms with E-state index < -0.39 is 5.60 Å². The maximum absolute atomic E-state index is 13.1. The fourth-order valence-corrected chi connectivity index (χ4v) is 1.97. The molecule has 5 heteroatoms. The third-order valence-corrected chi connectivity index (χ3v) is 2.82. The zero-order chi connectivity index (χ0) is 13.2. The molecule has 0 saturated heterocycles. The highest BCUT2D eigenvalue weighted by atomic mass is 19.1. The zero-order valence-electron chi connectivity index (χ0n) is 10.5. The van der Waals surface area contributed by atoms with Crippen molar-refractivity contribution in [2.45, 2.75) is 25.4 Å². The van der Waals surface area contributed by atoms with Crippen molar-refractivity contribution in [1.82, 2.24) is 14.8 Å². The Kier molecular flexibility index (Phi) is 3.43. The van der Waals surface area contributed by atoms with Crippen molar-refractivity contribution in [2.75, 3.05) is 0 Å². The number of benzene rings is 1. The SMILES string of the molecule is Cn1ncnc1CC(C)(O)Cc1cccc(F)c1. The van der Waals surface area contributed by atoms with Crippen LogP contribution >= 0.6 is 0 Å². The van der Waals surface area contributed by atoms with Crippen LogP contribution in [0.1, 0.15) is 18.3 Å². The molecular weight excluding hydrogens is 233 g/mol. The molecule has 0 radical (unpaired) electrons. The lowest BCUT2D eigenvalue weighted by Crippen LogP contribution is -2.31. The highest BCUT2D eigenvalue weighted by Crippen LogP contribution is 2.18. The summed E-state index contributed by atoms with van der Waals surface area (Å²) < 4.78 is 14.7. The Balaban J connectivity index is 2.10. The van der Waals surface area contributed by atoms with Gasteiger partial charge < -0.3 is 5.11 Å². The number of hydrogen-bond acceptors (Lipinski definition) is 3. The van der Waals surface area contributed by atoms with Gasteiger partial charge in [-0.15, -0.1) is 0 Å². The fourth-order valence-electron chi connectivity index (χ4n) is 1.97. The first-order valence-corrected chi connectivity index (χ1v) is 5.76. The van der Waals surface area contributed by atoms with E-state index in [1.807, 2.05) is 0 Å². The van der Waals surface area contributed by atoms with E-state index in [-0.39, 0.29) is 5.82 Å². The minimum Gasteiger partial charge on any atom is -0.389 e. The van der Waals surface area contributed by atoms with E-state index in [0.717, 1.165) is 5.56 Å². The van der Waals surface area contributed by atoms with Crippen molar-refractivity contribution >= 4 is 0 Å². The zero-order valence-corrected chi connectivity index (χ0v) is 10.5. The van der Waals surface area contributed by atoms with Crippen LogP contribution in [0.3, 0.4) is 0 Å². The van der Waals surface area contributed by atoms with Gasteiger partial charge in [-0.1, -0.05) is 12.1 Å². The molecule has 2 aromatic rings. The maximum Gasteiger partial charge on any atom is 0.138 e. The first kappa shape index (κ1) is 12.7. The van der Waals surface area contributed by atoms with E-state index in [0.29, 0.717) is 18.7 Å². The number of aromatic nitrogens is 3. The quantitative estimate of drug-likeness (QED) is 0.893. The van der Waals surface area contributed by atoms with Crippen LogP contribution < -0.4 is 0 Å². The van der Waals surface area contributed by atoms with Crippen LogP contribution in [0.15, 0.2) is 30.6 Å². The molecule has 0 amide bonds. The summed E-state index contributed by atoms with van der Waals surface area (Å²) >= 11 is 0. The van der Waals surface area contributed by atoms with Gasteiger partial charge in [0.2, 0.25) is 0 Å². The van der Waals surface area contributed by atoms with Crippen LogP contribution in [0.2, 0.25) is 0 Å². The van der Waals surface area contributed by atoms with Gasteiger partial charge in [-0.25, -0.2) is 9.37 Å². The molecule has 0 fully saturated rings. The van der Waals surface area contributed by atoms with Crippen molar-refractivity contribution in [2.24, 2.45) is 7.05 Å². The highest BCUT2D eigenvalue weighted by Gasteiger charge is 2.24. The molecule has 4 nitrogen and oxygen atoms in total. The van der Waals surface area contributed by atoms with Crippen molar-refractivity contribution in [3.05, 3.63) is 47.8 Å². The van der Waals surface area contributed by atoms with E-state index >= 15 is 0 Å². The largest absolute Gasteiger partial charge is 0.389 e. The lowest BCUT2D eigenvalue weighted by molar-refractivity contribution is 0.0578. The average molecular weight is 249 g/mol. The molecule has 0 bridgehead atoms. The van der Waals surface area contributed by atoms with Gasteiger partial charge in [0.05, 0.1) is 5.60 Å². The first-order valence-electron chi connectivity index (χ1n) is 5.76. The molecule has 0 aliphatic heterocycles. The Bertz CT molecular complexity index is 537. The van der Waals surface area contributed by atoms with Gasteiger partial charge in [0.15, 0.2) is 0 Å². The van der Waals surface area contributed by atoms with Gasteiger partial charge in [-0.05, 0) is 24.6 Å². The Labute approximate surface area is 105 Å². The molecule has 1 heterocycles. The third kappa shape index (κ3) is 3.13. The Hall–Kier alpha value is -1.75. The molecule has 1 unspecified atom stereocenters. The summed E-state index contributed by atoms with van der Waals surface area (Å²) in [5.41, 5.74) is -0.212. The predicted octanol–water partition coefficient (Wildman–Crippen LogP) is 1.49. The molecule has 0 aliphatic rings. The second-order valence-electron chi connectivity index (χ2n) is 4.78. The van der Waals surface area contributed by atoms with Crippen molar-refractivity contribution < 1.29 is 9.50 Å². The lowest BCUT2D eigenvalue weighted by atomic mass is 9.93. The number of hydrogen-bond donors (Lipinski definition) is 1. The normalized spacial score (nSPS) is 14.4. The van der Waals surface area contributed by atoms with Gasteiger partial charge in [-0.3, -0.25) is 4.68 Å². The molecule has 0 spiro atoms. The van der Waals surface area contributed by atoms with Crippen LogP contribution in [-0.4, -0.2) is 25.5 Å². The Morgan fingerprint density at radius 3 is 2.78 bits per heavy atom. The van der Waals surface area contributed by atoms with Crippen LogP contribution in [0.25, 0.3) is 0 Å². The Morgan fingerprint density at radius 2 is 2.17 bits per heavy atom. The van der Waals surface area contributed by atoms with E-state index in [1.165, 1.54) is 18.5 Å². The molecule has 1 N–H and O–H groups in total. The number of aliphatic hydroxyl groups is 1. The van der Waals surface area contributed by atoms with Gasteiger partial charge in [-0.2, -0.15) is 5.10 Å². The number of nitrogens with zero attached hydrogens (tertiary/aromatic N) is 3. The lowest BCUT2D eigenvalue weighted by Gasteiger charge is -2.22. The standard InChI is InChI=1S/C13H16FN3O/c1-13(18,8-12-15-9-16-17(12)2)7-10-4-3-5-11(14)6-10/h3-6,9,18H,7-8H2,1-2H3. The molecule has 96 valence electrons. The number of halogens is 1. The van der Waals surface area contributed by atoms with Crippen molar-refractivity contribution in [3.63, 3.8) is 0 Å². The smallest absolute Gasteiger partial charge is 0.138 e. The summed E-state index contributed by atoms with van der Waals surface area (Å²) in [6.45, 7) is 1.71. The van der Waals surface area contributed by atoms with E-state index in [1.54, 1.807) is 30.8 Å². The summed E-state index contributed by atoms with van der Waals surface area (Å²) in [4.78, 5) is 4.08. The molecular formula is C13H16FN3O. The van der Waals surface area contributed by atoms with Gasteiger partial charge in [0.25, 0.3) is 0 Å². The van der Waals surface area contributed by atoms with E-state index in [4.69, 9.17) is 0 Å². The van der Waals surface area contributed by atoms with Crippen molar-refractivity contribution in [3.8, 4) is 0 Å². The minimum atomic E-state index is -0.978.